The molecule has 0 fully saturated rings. The van der Waals surface area contributed by atoms with Crippen LogP contribution in [0.25, 0.3) is 11.6 Å². The van der Waals surface area contributed by atoms with Crippen molar-refractivity contribution in [3.8, 4) is 5.75 Å². The van der Waals surface area contributed by atoms with Crippen molar-refractivity contribution in [1.82, 2.24) is 0 Å². The second kappa shape index (κ2) is 10.9. The van der Waals surface area contributed by atoms with Crippen LogP contribution >= 0.6 is 11.6 Å². The van der Waals surface area contributed by atoms with Gasteiger partial charge in [-0.25, -0.2) is 4.79 Å². The summed E-state index contributed by atoms with van der Waals surface area (Å²) in [5, 5.41) is 1.78. The summed E-state index contributed by atoms with van der Waals surface area (Å²) in [7, 11) is 1.49. The predicted molar refractivity (Wildman–Crippen MR) is 123 cm³/mol. The van der Waals surface area contributed by atoms with Crippen LogP contribution in [-0.2, 0) is 20.5 Å². The Labute approximate surface area is 198 Å². The summed E-state index contributed by atoms with van der Waals surface area (Å²) in [6.45, 7) is -0.822. The Kier molecular flexibility index (Phi) is 7.96. The number of halogens is 4. The van der Waals surface area contributed by atoms with E-state index in [2.05, 4.69) is 5.32 Å². The summed E-state index contributed by atoms with van der Waals surface area (Å²) >= 11 is 5.85. The maximum atomic E-state index is 13.2. The molecule has 0 radical (unpaired) electrons. The van der Waals surface area contributed by atoms with Crippen molar-refractivity contribution in [1.29, 1.82) is 0 Å². The molecule has 0 saturated carbocycles. The maximum absolute atomic E-state index is 13.2. The van der Waals surface area contributed by atoms with E-state index in [0.29, 0.717) is 16.9 Å². The Morgan fingerprint density at radius 2 is 1.65 bits per heavy atom. The number of hydrogen-bond donors (Lipinski definition) is 1. The van der Waals surface area contributed by atoms with E-state index in [1.54, 1.807) is 60.7 Å². The third kappa shape index (κ3) is 6.17. The monoisotopic (exact) mass is 489 g/mol. The van der Waals surface area contributed by atoms with Crippen LogP contribution in [0.4, 0.5) is 18.9 Å². The number of hydrogen-bond acceptors (Lipinski definition) is 4. The Bertz CT molecular complexity index is 1210. The minimum Gasteiger partial charge on any atom is -0.496 e. The van der Waals surface area contributed by atoms with Gasteiger partial charge in [-0.2, -0.15) is 13.2 Å². The van der Waals surface area contributed by atoms with E-state index in [0.717, 1.165) is 12.1 Å². The number of carbonyl (C=O) groups is 2. The summed E-state index contributed by atoms with van der Waals surface area (Å²) in [6.07, 6.45) is -3.19. The van der Waals surface area contributed by atoms with E-state index in [-0.39, 0.29) is 10.6 Å². The van der Waals surface area contributed by atoms with Crippen molar-refractivity contribution >= 4 is 40.8 Å². The molecule has 176 valence electrons. The van der Waals surface area contributed by atoms with Gasteiger partial charge in [0.05, 0.1) is 29.0 Å². The first-order valence-electron chi connectivity index (χ1n) is 9.93. The second-order valence-electron chi connectivity index (χ2n) is 6.95. The van der Waals surface area contributed by atoms with Crippen LogP contribution in [-0.4, -0.2) is 25.6 Å². The van der Waals surface area contributed by atoms with Gasteiger partial charge in [-0.15, -0.1) is 0 Å². The van der Waals surface area contributed by atoms with E-state index < -0.39 is 35.9 Å². The van der Waals surface area contributed by atoms with E-state index in [1.807, 2.05) is 0 Å². The molecule has 34 heavy (non-hydrogen) atoms. The number of anilines is 1. The van der Waals surface area contributed by atoms with Crippen LogP contribution in [0.3, 0.4) is 0 Å². The molecule has 0 spiro atoms. The Morgan fingerprint density at radius 3 is 2.32 bits per heavy atom. The molecule has 0 aliphatic heterocycles. The highest BCUT2D eigenvalue weighted by Gasteiger charge is 2.34. The number of carbonyl (C=O) groups excluding carboxylic acids is 2. The molecule has 5 nitrogen and oxygen atoms in total. The number of para-hydroxylation sites is 2. The number of alkyl halides is 3. The first-order valence-corrected chi connectivity index (χ1v) is 10.3. The molecule has 0 aromatic heterocycles. The van der Waals surface area contributed by atoms with Crippen LogP contribution in [0.2, 0.25) is 5.02 Å². The fourth-order valence-corrected chi connectivity index (χ4v) is 3.31. The van der Waals surface area contributed by atoms with Crippen molar-refractivity contribution in [3.63, 3.8) is 0 Å². The number of amides is 1. The van der Waals surface area contributed by atoms with Crippen LogP contribution in [0.15, 0.2) is 72.8 Å². The Hall–Kier alpha value is -3.78. The average molecular weight is 490 g/mol. The largest absolute Gasteiger partial charge is 0.496 e. The number of methoxy groups -OCH3 is 1. The van der Waals surface area contributed by atoms with E-state index in [4.69, 9.17) is 21.1 Å². The van der Waals surface area contributed by atoms with Gasteiger partial charge in [-0.1, -0.05) is 66.2 Å². The lowest BCUT2D eigenvalue weighted by molar-refractivity contribution is -0.141. The minimum atomic E-state index is -4.73. The van der Waals surface area contributed by atoms with Gasteiger partial charge in [0.25, 0.3) is 5.91 Å². The third-order valence-electron chi connectivity index (χ3n) is 4.66. The van der Waals surface area contributed by atoms with Gasteiger partial charge in [-0.05, 0) is 29.8 Å². The molecule has 0 aliphatic rings. The highest BCUT2D eigenvalue weighted by atomic mass is 35.5. The van der Waals surface area contributed by atoms with Gasteiger partial charge in [-0.3, -0.25) is 4.79 Å². The van der Waals surface area contributed by atoms with E-state index in [1.165, 1.54) is 13.2 Å². The molecule has 9 heteroatoms. The van der Waals surface area contributed by atoms with Crippen molar-refractivity contribution in [2.24, 2.45) is 0 Å². The molecular formula is C25H19ClF3NO4. The SMILES string of the molecule is COc1ccccc1C=C(C(=O)OCC(=O)Nc1c(Cl)cccc1C(F)(F)F)c1ccccc1. The van der Waals surface area contributed by atoms with Gasteiger partial charge >= 0.3 is 12.1 Å². The Balaban J connectivity index is 1.81. The molecule has 0 heterocycles. The van der Waals surface area contributed by atoms with Crippen LogP contribution in [0.5, 0.6) is 5.75 Å². The zero-order chi connectivity index (χ0) is 24.7. The molecular weight excluding hydrogens is 471 g/mol. The van der Waals surface area contributed by atoms with Gasteiger partial charge < -0.3 is 14.8 Å². The van der Waals surface area contributed by atoms with Gasteiger partial charge in [0.15, 0.2) is 6.61 Å². The first-order chi connectivity index (χ1) is 16.2. The number of nitrogens with one attached hydrogen (secondary N) is 1. The molecule has 0 bridgehead atoms. The second-order valence-corrected chi connectivity index (χ2v) is 7.36. The standard InChI is InChI=1S/C25H19ClF3NO4/c1-33-21-13-6-5-10-17(21)14-18(16-8-3-2-4-9-16)24(32)34-15-22(31)30-23-19(25(27,28)29)11-7-12-20(23)26/h2-14H,15H2,1H3,(H,30,31). The van der Waals surface area contributed by atoms with Crippen molar-refractivity contribution in [2.45, 2.75) is 6.18 Å². The third-order valence-corrected chi connectivity index (χ3v) is 4.98. The van der Waals surface area contributed by atoms with Gasteiger partial charge in [0, 0.05) is 5.56 Å². The summed E-state index contributed by atoms with van der Waals surface area (Å²) < 4.78 is 50.2. The Morgan fingerprint density at radius 1 is 0.971 bits per heavy atom. The van der Waals surface area contributed by atoms with Crippen LogP contribution < -0.4 is 10.1 Å². The molecule has 0 atom stereocenters. The molecule has 0 aliphatic carbocycles. The molecule has 3 aromatic rings. The van der Waals surface area contributed by atoms with Gasteiger partial charge in [0.1, 0.15) is 5.75 Å². The quantitative estimate of drug-likeness (QED) is 0.248. The van der Waals surface area contributed by atoms with Crippen molar-refractivity contribution in [2.75, 3.05) is 19.0 Å². The summed E-state index contributed by atoms with van der Waals surface area (Å²) in [5.74, 6) is -1.31. The fraction of sp³-hybridized carbons (Fsp3) is 0.120. The number of esters is 1. The summed E-state index contributed by atoms with van der Waals surface area (Å²) in [6, 6.07) is 18.7. The highest BCUT2D eigenvalue weighted by molar-refractivity contribution is 6.34. The molecule has 3 aromatic carbocycles. The topological polar surface area (TPSA) is 64.6 Å². The van der Waals surface area contributed by atoms with Gasteiger partial charge in [0.2, 0.25) is 0 Å². The first kappa shape index (κ1) is 24.9. The lowest BCUT2D eigenvalue weighted by atomic mass is 10.0. The molecule has 0 saturated heterocycles. The van der Waals surface area contributed by atoms with E-state index >= 15 is 0 Å². The molecule has 3 rings (SSSR count). The fourth-order valence-electron chi connectivity index (χ4n) is 3.09. The lowest BCUT2D eigenvalue weighted by Crippen LogP contribution is -2.23. The number of ether oxygens (including phenoxy) is 2. The number of rotatable bonds is 7. The molecule has 0 unspecified atom stereocenters. The smallest absolute Gasteiger partial charge is 0.418 e. The van der Waals surface area contributed by atoms with Crippen LogP contribution in [0, 0.1) is 0 Å². The number of benzene rings is 3. The zero-order valence-electron chi connectivity index (χ0n) is 17.9. The highest BCUT2D eigenvalue weighted by Crippen LogP contribution is 2.38. The van der Waals surface area contributed by atoms with Crippen molar-refractivity contribution in [3.05, 3.63) is 94.5 Å². The normalized spacial score (nSPS) is 11.6. The zero-order valence-corrected chi connectivity index (χ0v) is 18.6. The van der Waals surface area contributed by atoms with Crippen LogP contribution in [0.1, 0.15) is 16.7 Å². The lowest BCUT2D eigenvalue weighted by Gasteiger charge is -2.15. The summed E-state index contributed by atoms with van der Waals surface area (Å²) in [4.78, 5) is 25.2. The predicted octanol–water partition coefficient (Wildman–Crippen LogP) is 6.09. The van der Waals surface area contributed by atoms with Crippen molar-refractivity contribution < 1.29 is 32.2 Å². The minimum absolute atomic E-state index is 0.131. The maximum Gasteiger partial charge on any atom is 0.418 e. The van der Waals surface area contributed by atoms with E-state index in [9.17, 15) is 22.8 Å². The summed E-state index contributed by atoms with van der Waals surface area (Å²) in [5.41, 5.74) is -0.474. The average Bonchev–Trinajstić information content (AvgIpc) is 2.82. The molecule has 1 N–H and O–H groups in total. The molecule has 1 amide bonds.